The Kier molecular flexibility index (Phi) is 6.44. The van der Waals surface area contributed by atoms with Gasteiger partial charge >= 0.3 is 0 Å². The van der Waals surface area contributed by atoms with Crippen molar-refractivity contribution in [3.63, 3.8) is 0 Å². The predicted octanol–water partition coefficient (Wildman–Crippen LogP) is 2.73. The molecule has 3 heterocycles. The molecule has 1 saturated heterocycles. The molecule has 1 aliphatic rings. The number of methoxy groups -OCH3 is 1. The van der Waals surface area contributed by atoms with Gasteiger partial charge in [0.25, 0.3) is 11.8 Å². The average Bonchev–Trinajstić information content (AvgIpc) is 3.33. The normalized spacial score (nSPS) is 14.2. The van der Waals surface area contributed by atoms with Crippen LogP contribution in [-0.4, -0.2) is 52.0 Å². The lowest BCUT2D eigenvalue weighted by Crippen LogP contribution is -2.38. The van der Waals surface area contributed by atoms with Crippen LogP contribution in [0, 0.1) is 6.92 Å². The standard InChI is InChI=1S/C23H25N5O4/c1-15-18(13-24-14-26-15)23(30)28-9-7-16(8-10-28)19-11-21(32-27-19)22(29)25-12-17-5-3-4-6-20(17)31-2/h3-6,11,13-14,16H,7-10,12H2,1-2H3,(H,25,29). The first kappa shape index (κ1) is 21.5. The van der Waals surface area contributed by atoms with Gasteiger partial charge in [0.15, 0.2) is 0 Å². The van der Waals surface area contributed by atoms with E-state index in [4.69, 9.17) is 9.26 Å². The number of carbonyl (C=O) groups is 2. The van der Waals surface area contributed by atoms with Gasteiger partial charge in [-0.2, -0.15) is 0 Å². The minimum absolute atomic E-state index is 0.0573. The Morgan fingerprint density at radius 3 is 2.78 bits per heavy atom. The van der Waals surface area contributed by atoms with E-state index in [-0.39, 0.29) is 23.5 Å². The van der Waals surface area contributed by atoms with Crippen molar-refractivity contribution in [2.45, 2.75) is 32.2 Å². The van der Waals surface area contributed by atoms with Gasteiger partial charge in [-0.15, -0.1) is 0 Å². The number of aromatic nitrogens is 3. The van der Waals surface area contributed by atoms with Crippen LogP contribution in [0.2, 0.25) is 0 Å². The lowest BCUT2D eigenvalue weighted by atomic mass is 9.93. The van der Waals surface area contributed by atoms with Crippen molar-refractivity contribution in [2.75, 3.05) is 20.2 Å². The average molecular weight is 435 g/mol. The smallest absolute Gasteiger partial charge is 0.290 e. The molecule has 3 aromatic rings. The van der Waals surface area contributed by atoms with E-state index in [0.29, 0.717) is 36.6 Å². The topological polar surface area (TPSA) is 110 Å². The van der Waals surface area contributed by atoms with Crippen LogP contribution in [0.1, 0.15) is 56.6 Å². The van der Waals surface area contributed by atoms with Crippen LogP contribution < -0.4 is 10.1 Å². The van der Waals surface area contributed by atoms with E-state index >= 15 is 0 Å². The number of nitrogens with zero attached hydrogens (tertiary/aromatic N) is 4. The lowest BCUT2D eigenvalue weighted by molar-refractivity contribution is 0.0709. The number of likely N-dealkylation sites (tertiary alicyclic amines) is 1. The van der Waals surface area contributed by atoms with E-state index in [2.05, 4.69) is 20.4 Å². The van der Waals surface area contributed by atoms with Crippen LogP contribution in [0.3, 0.4) is 0 Å². The van der Waals surface area contributed by atoms with Crippen molar-refractivity contribution in [1.29, 1.82) is 0 Å². The molecule has 1 N–H and O–H groups in total. The molecule has 1 aliphatic heterocycles. The maximum atomic E-state index is 12.7. The van der Waals surface area contributed by atoms with Crippen LogP contribution in [0.5, 0.6) is 5.75 Å². The molecule has 1 fully saturated rings. The van der Waals surface area contributed by atoms with E-state index in [0.717, 1.165) is 24.1 Å². The quantitative estimate of drug-likeness (QED) is 0.634. The lowest BCUT2D eigenvalue weighted by Gasteiger charge is -2.31. The Bertz CT molecular complexity index is 1110. The van der Waals surface area contributed by atoms with Gasteiger partial charge in [0.2, 0.25) is 5.76 Å². The SMILES string of the molecule is COc1ccccc1CNC(=O)c1cc(C2CCN(C(=O)c3cncnc3C)CC2)no1. The summed E-state index contributed by atoms with van der Waals surface area (Å²) >= 11 is 0. The second-order valence-electron chi connectivity index (χ2n) is 7.70. The summed E-state index contributed by atoms with van der Waals surface area (Å²) in [5, 5.41) is 6.94. The number of benzene rings is 1. The number of piperidine rings is 1. The Labute approximate surface area is 185 Å². The molecule has 0 bridgehead atoms. The maximum Gasteiger partial charge on any atom is 0.290 e. The molecule has 0 saturated carbocycles. The molecule has 0 aliphatic carbocycles. The zero-order valence-electron chi connectivity index (χ0n) is 18.1. The summed E-state index contributed by atoms with van der Waals surface area (Å²) in [5.74, 6) is 0.627. The number of ether oxygens (including phenoxy) is 1. The minimum Gasteiger partial charge on any atom is -0.496 e. The van der Waals surface area contributed by atoms with Crippen molar-refractivity contribution >= 4 is 11.8 Å². The highest BCUT2D eigenvalue weighted by Gasteiger charge is 2.28. The van der Waals surface area contributed by atoms with E-state index in [1.54, 1.807) is 26.3 Å². The van der Waals surface area contributed by atoms with Crippen LogP contribution >= 0.6 is 0 Å². The predicted molar refractivity (Wildman–Crippen MR) is 115 cm³/mol. The molecule has 1 aromatic carbocycles. The van der Waals surface area contributed by atoms with Crippen molar-refractivity contribution in [1.82, 2.24) is 25.3 Å². The molecule has 0 radical (unpaired) electrons. The second kappa shape index (κ2) is 9.59. The van der Waals surface area contributed by atoms with E-state index in [1.807, 2.05) is 29.2 Å². The van der Waals surface area contributed by atoms with Gasteiger partial charge in [-0.1, -0.05) is 23.4 Å². The fraction of sp³-hybridized carbons (Fsp3) is 0.348. The second-order valence-corrected chi connectivity index (χ2v) is 7.70. The number of rotatable bonds is 6. The first-order chi connectivity index (χ1) is 15.6. The summed E-state index contributed by atoms with van der Waals surface area (Å²) < 4.78 is 10.6. The third-order valence-electron chi connectivity index (χ3n) is 5.73. The highest BCUT2D eigenvalue weighted by atomic mass is 16.5. The van der Waals surface area contributed by atoms with Gasteiger partial charge in [-0.25, -0.2) is 9.97 Å². The van der Waals surface area contributed by atoms with Crippen LogP contribution in [0.4, 0.5) is 0 Å². The third-order valence-corrected chi connectivity index (χ3v) is 5.73. The summed E-state index contributed by atoms with van der Waals surface area (Å²) in [6, 6.07) is 9.19. The zero-order valence-corrected chi connectivity index (χ0v) is 18.1. The number of nitrogens with one attached hydrogen (secondary N) is 1. The third kappa shape index (κ3) is 4.61. The Morgan fingerprint density at radius 2 is 2.03 bits per heavy atom. The fourth-order valence-electron chi connectivity index (χ4n) is 3.85. The van der Waals surface area contributed by atoms with Crippen molar-refractivity contribution in [3.8, 4) is 5.75 Å². The first-order valence-electron chi connectivity index (χ1n) is 10.5. The molecule has 32 heavy (non-hydrogen) atoms. The Hall–Kier alpha value is -3.75. The summed E-state index contributed by atoms with van der Waals surface area (Å²) in [4.78, 5) is 35.1. The van der Waals surface area contributed by atoms with Gasteiger partial charge in [0.1, 0.15) is 12.1 Å². The van der Waals surface area contributed by atoms with Crippen LogP contribution in [0.25, 0.3) is 0 Å². The summed E-state index contributed by atoms with van der Waals surface area (Å²) in [6.07, 6.45) is 4.48. The molecule has 9 heteroatoms. The van der Waals surface area contributed by atoms with Gasteiger partial charge in [0.05, 0.1) is 24.1 Å². The van der Waals surface area contributed by atoms with Crippen LogP contribution in [0.15, 0.2) is 47.4 Å². The van der Waals surface area contributed by atoms with Gasteiger partial charge in [-0.05, 0) is 25.8 Å². The molecule has 166 valence electrons. The Morgan fingerprint density at radius 1 is 1.25 bits per heavy atom. The summed E-state index contributed by atoms with van der Waals surface area (Å²) in [6.45, 7) is 3.32. The van der Waals surface area contributed by atoms with Gasteiger partial charge in [0, 0.05) is 43.4 Å². The molecule has 0 spiro atoms. The maximum absolute atomic E-state index is 12.7. The summed E-state index contributed by atoms with van der Waals surface area (Å²) in [5.41, 5.74) is 2.81. The van der Waals surface area contributed by atoms with Gasteiger partial charge in [-0.3, -0.25) is 9.59 Å². The molecule has 0 atom stereocenters. The first-order valence-corrected chi connectivity index (χ1v) is 10.5. The molecule has 9 nitrogen and oxygen atoms in total. The number of hydrogen-bond acceptors (Lipinski definition) is 7. The highest BCUT2D eigenvalue weighted by Crippen LogP contribution is 2.28. The highest BCUT2D eigenvalue weighted by molar-refractivity contribution is 5.95. The number of amides is 2. The zero-order chi connectivity index (χ0) is 22.5. The van der Waals surface area contributed by atoms with E-state index < -0.39 is 0 Å². The number of aryl methyl sites for hydroxylation is 1. The number of para-hydroxylation sites is 1. The molecule has 2 aromatic heterocycles. The largest absolute Gasteiger partial charge is 0.496 e. The molecular formula is C23H25N5O4. The van der Waals surface area contributed by atoms with Crippen LogP contribution in [-0.2, 0) is 6.54 Å². The fourth-order valence-corrected chi connectivity index (χ4v) is 3.85. The minimum atomic E-state index is -0.332. The molecule has 0 unspecified atom stereocenters. The van der Waals surface area contributed by atoms with E-state index in [9.17, 15) is 9.59 Å². The summed E-state index contributed by atoms with van der Waals surface area (Å²) in [7, 11) is 1.59. The molecule has 4 rings (SSSR count). The van der Waals surface area contributed by atoms with Crippen molar-refractivity contribution < 1.29 is 18.8 Å². The van der Waals surface area contributed by atoms with Gasteiger partial charge < -0.3 is 19.5 Å². The Balaban J connectivity index is 1.33. The molecule has 2 amide bonds. The number of hydrogen-bond donors (Lipinski definition) is 1. The van der Waals surface area contributed by atoms with Crippen molar-refractivity contribution in [3.05, 3.63) is 71.1 Å². The van der Waals surface area contributed by atoms with E-state index in [1.165, 1.54) is 6.33 Å². The number of carbonyl (C=O) groups excluding carboxylic acids is 2. The monoisotopic (exact) mass is 435 g/mol. The molecular weight excluding hydrogens is 410 g/mol. The van der Waals surface area contributed by atoms with Crippen molar-refractivity contribution in [2.24, 2.45) is 0 Å².